The Morgan fingerprint density at radius 3 is 2.03 bits per heavy atom. The minimum Gasteiger partial charge on any atom is -0.444 e. The molecule has 1 aromatic heterocycles. The van der Waals surface area contributed by atoms with Crippen LogP contribution in [-0.2, 0) is 16.5 Å². The molecule has 0 spiro atoms. The molecule has 1 aromatic carbocycles. The van der Waals surface area contributed by atoms with Crippen molar-refractivity contribution < 1.29 is 27.8 Å². The summed E-state index contributed by atoms with van der Waals surface area (Å²) >= 11 is 0. The van der Waals surface area contributed by atoms with Crippen LogP contribution in [-0.4, -0.2) is 57.7 Å². The maximum absolute atomic E-state index is 12.9. The molecule has 1 amide bonds. The zero-order valence-electron chi connectivity index (χ0n) is 18.9. The number of alkyl halides is 3. The fraction of sp³-hybridized carbons (Fsp3) is 0.545. The molecule has 176 valence electrons. The second-order valence-electron chi connectivity index (χ2n) is 9.36. The van der Waals surface area contributed by atoms with E-state index in [0.717, 1.165) is 12.1 Å². The van der Waals surface area contributed by atoms with Crippen LogP contribution in [0, 0.1) is 0 Å². The molecule has 1 aliphatic rings. The number of piperazine rings is 1. The first kappa shape index (κ1) is 23.9. The number of carbonyl (C=O) groups is 1. The van der Waals surface area contributed by atoms with Crippen LogP contribution in [0.4, 0.5) is 23.8 Å². The number of carbonyl (C=O) groups excluding carboxylic acids is 1. The van der Waals surface area contributed by atoms with E-state index >= 15 is 0 Å². The molecule has 0 radical (unpaired) electrons. The number of anilines is 1. The van der Waals surface area contributed by atoms with Crippen LogP contribution in [0.25, 0.3) is 5.69 Å². The van der Waals surface area contributed by atoms with E-state index in [4.69, 9.17) is 4.74 Å². The van der Waals surface area contributed by atoms with Gasteiger partial charge in [-0.1, -0.05) is 0 Å². The summed E-state index contributed by atoms with van der Waals surface area (Å²) in [6.07, 6.45) is -4.80. The molecule has 1 aliphatic heterocycles. The number of ether oxygens (including phenoxy) is 1. The van der Waals surface area contributed by atoms with Crippen molar-refractivity contribution in [3.63, 3.8) is 0 Å². The predicted octanol–water partition coefficient (Wildman–Crippen LogP) is 4.18. The lowest BCUT2D eigenvalue weighted by Crippen LogP contribution is -2.50. The molecule has 0 unspecified atom stereocenters. The Hall–Kier alpha value is -2.75. The van der Waals surface area contributed by atoms with E-state index in [2.05, 4.69) is 5.10 Å². The minimum atomic E-state index is -4.43. The Balaban J connectivity index is 1.81. The van der Waals surface area contributed by atoms with Gasteiger partial charge in [0.25, 0.3) is 0 Å². The van der Waals surface area contributed by atoms with Crippen LogP contribution in [0.5, 0.6) is 0 Å². The van der Waals surface area contributed by atoms with Gasteiger partial charge in [-0.2, -0.15) is 13.2 Å². The van der Waals surface area contributed by atoms with Crippen LogP contribution >= 0.6 is 0 Å². The highest BCUT2D eigenvalue weighted by atomic mass is 19.4. The molecular weight excluding hydrogens is 425 g/mol. The number of halogens is 3. The summed E-state index contributed by atoms with van der Waals surface area (Å²) in [6, 6.07) is 6.36. The number of amides is 1. The molecule has 32 heavy (non-hydrogen) atoms. The molecule has 7 nitrogen and oxygen atoms in total. The zero-order chi connectivity index (χ0) is 23.9. The normalized spacial score (nSPS) is 15.8. The van der Waals surface area contributed by atoms with E-state index in [0.29, 0.717) is 43.4 Å². The van der Waals surface area contributed by atoms with Gasteiger partial charge in [0.1, 0.15) is 11.2 Å². The van der Waals surface area contributed by atoms with Gasteiger partial charge in [0.15, 0.2) is 5.82 Å². The second kappa shape index (κ2) is 8.31. The van der Waals surface area contributed by atoms with Crippen molar-refractivity contribution in [3.05, 3.63) is 41.6 Å². The van der Waals surface area contributed by atoms with Crippen LogP contribution in [0.2, 0.25) is 0 Å². The van der Waals surface area contributed by atoms with Gasteiger partial charge in [0.2, 0.25) is 0 Å². The highest BCUT2D eigenvalue weighted by molar-refractivity contribution is 5.68. The number of hydrogen-bond acceptors (Lipinski definition) is 5. The zero-order valence-corrected chi connectivity index (χ0v) is 18.9. The van der Waals surface area contributed by atoms with Crippen LogP contribution in [0.1, 0.15) is 45.9 Å². The maximum Gasteiger partial charge on any atom is 0.416 e. The van der Waals surface area contributed by atoms with Crippen LogP contribution < -0.4 is 4.90 Å². The SMILES string of the molecule is CC(C)(C)OC(=O)N1CCN(c2cc(C(C)(C)O)n(-c3ccc(C(F)(F)F)cc3)n2)CC1. The number of benzene rings is 1. The molecule has 1 saturated heterocycles. The van der Waals surface area contributed by atoms with E-state index in [1.807, 2.05) is 25.7 Å². The molecule has 10 heteroatoms. The monoisotopic (exact) mass is 454 g/mol. The molecule has 1 fully saturated rings. The van der Waals surface area contributed by atoms with Crippen LogP contribution in [0.15, 0.2) is 30.3 Å². The minimum absolute atomic E-state index is 0.371. The van der Waals surface area contributed by atoms with Crippen molar-refractivity contribution in [1.82, 2.24) is 14.7 Å². The summed E-state index contributed by atoms with van der Waals surface area (Å²) in [5, 5.41) is 15.2. The topological polar surface area (TPSA) is 70.8 Å². The molecule has 2 heterocycles. The number of hydrogen-bond donors (Lipinski definition) is 1. The number of aromatic nitrogens is 2. The maximum atomic E-state index is 12.9. The fourth-order valence-electron chi connectivity index (χ4n) is 3.39. The standard InChI is InChI=1S/C22H29F3N4O3/c1-20(2,3)32-19(30)28-12-10-27(11-13-28)18-14-17(21(4,5)31)29(26-18)16-8-6-15(7-9-16)22(23,24)25/h6-9,14,31H,10-13H2,1-5H3. The third-order valence-electron chi connectivity index (χ3n) is 5.02. The van der Waals surface area contributed by atoms with E-state index in [-0.39, 0.29) is 6.09 Å². The average molecular weight is 454 g/mol. The largest absolute Gasteiger partial charge is 0.444 e. The lowest BCUT2D eigenvalue weighted by molar-refractivity contribution is -0.137. The molecule has 0 bridgehead atoms. The summed E-state index contributed by atoms with van der Waals surface area (Å²) in [6.45, 7) is 10.5. The first-order chi connectivity index (χ1) is 14.6. The number of aliphatic hydroxyl groups is 1. The molecule has 3 rings (SSSR count). The molecule has 0 saturated carbocycles. The summed E-state index contributed by atoms with van der Waals surface area (Å²) in [5.74, 6) is 0.575. The predicted molar refractivity (Wildman–Crippen MR) is 114 cm³/mol. The Labute approximate surface area is 185 Å². The third-order valence-corrected chi connectivity index (χ3v) is 5.02. The lowest BCUT2D eigenvalue weighted by Gasteiger charge is -2.35. The summed E-state index contributed by atoms with van der Waals surface area (Å²) in [4.78, 5) is 15.9. The highest BCUT2D eigenvalue weighted by Gasteiger charge is 2.32. The Morgan fingerprint density at radius 2 is 1.56 bits per heavy atom. The van der Waals surface area contributed by atoms with Crippen molar-refractivity contribution >= 4 is 11.9 Å². The summed E-state index contributed by atoms with van der Waals surface area (Å²) in [7, 11) is 0. The second-order valence-corrected chi connectivity index (χ2v) is 9.36. The average Bonchev–Trinajstić information content (AvgIpc) is 3.12. The van der Waals surface area contributed by atoms with Crippen molar-refractivity contribution in [2.75, 3.05) is 31.1 Å². The molecular formula is C22H29F3N4O3. The van der Waals surface area contributed by atoms with E-state index in [1.165, 1.54) is 16.8 Å². The number of nitrogens with zero attached hydrogens (tertiary/aromatic N) is 4. The Morgan fingerprint density at radius 1 is 1.00 bits per heavy atom. The van der Waals surface area contributed by atoms with Gasteiger partial charge in [-0.15, -0.1) is 5.10 Å². The Bertz CT molecular complexity index is 949. The quantitative estimate of drug-likeness (QED) is 0.754. The molecule has 0 atom stereocenters. The van der Waals surface area contributed by atoms with Gasteiger partial charge in [-0.3, -0.25) is 0 Å². The van der Waals surface area contributed by atoms with Gasteiger partial charge in [0, 0.05) is 32.2 Å². The van der Waals surface area contributed by atoms with Gasteiger partial charge < -0.3 is 19.6 Å². The van der Waals surface area contributed by atoms with E-state index in [9.17, 15) is 23.1 Å². The summed E-state index contributed by atoms with van der Waals surface area (Å²) in [5.41, 5.74) is -1.74. The fourth-order valence-corrected chi connectivity index (χ4v) is 3.39. The smallest absolute Gasteiger partial charge is 0.416 e. The van der Waals surface area contributed by atoms with Crippen molar-refractivity contribution in [2.45, 2.75) is 52.0 Å². The first-order valence-corrected chi connectivity index (χ1v) is 10.4. The van der Waals surface area contributed by atoms with Gasteiger partial charge in [-0.05, 0) is 58.9 Å². The van der Waals surface area contributed by atoms with Crippen molar-refractivity contribution in [1.29, 1.82) is 0 Å². The van der Waals surface area contributed by atoms with Gasteiger partial charge in [0.05, 0.1) is 16.9 Å². The lowest BCUT2D eigenvalue weighted by atomic mass is 10.1. The first-order valence-electron chi connectivity index (χ1n) is 10.4. The molecule has 1 N–H and O–H groups in total. The molecule has 2 aromatic rings. The third kappa shape index (κ3) is 5.53. The van der Waals surface area contributed by atoms with Crippen molar-refractivity contribution in [3.8, 4) is 5.69 Å². The van der Waals surface area contributed by atoms with Crippen LogP contribution in [0.3, 0.4) is 0 Å². The highest BCUT2D eigenvalue weighted by Crippen LogP contribution is 2.32. The van der Waals surface area contributed by atoms with Gasteiger partial charge >= 0.3 is 12.3 Å². The Kier molecular flexibility index (Phi) is 6.21. The molecule has 0 aliphatic carbocycles. The number of rotatable bonds is 3. The van der Waals surface area contributed by atoms with E-state index < -0.39 is 22.9 Å². The van der Waals surface area contributed by atoms with Crippen molar-refractivity contribution in [2.24, 2.45) is 0 Å². The van der Waals surface area contributed by atoms with E-state index in [1.54, 1.807) is 24.8 Å². The summed E-state index contributed by atoms with van der Waals surface area (Å²) < 4.78 is 45.6. The van der Waals surface area contributed by atoms with Gasteiger partial charge in [-0.25, -0.2) is 9.48 Å².